The molecule has 5 rings (SSSR count). The van der Waals surface area contributed by atoms with Gasteiger partial charge in [0.25, 0.3) is 5.91 Å². The highest BCUT2D eigenvalue weighted by molar-refractivity contribution is 6.06. The van der Waals surface area contributed by atoms with E-state index in [1.54, 1.807) is 31.0 Å². The fourth-order valence-corrected chi connectivity index (χ4v) is 6.22. The number of nitrogens with one attached hydrogen (secondary N) is 1. The third-order valence-electron chi connectivity index (χ3n) is 8.52. The van der Waals surface area contributed by atoms with Crippen LogP contribution in [0, 0.1) is 0 Å². The summed E-state index contributed by atoms with van der Waals surface area (Å²) in [5, 5.41) is 2.68. The summed E-state index contributed by atoms with van der Waals surface area (Å²) in [4.78, 5) is 60.0. The summed E-state index contributed by atoms with van der Waals surface area (Å²) in [6.45, 7) is 6.70. The van der Waals surface area contributed by atoms with Crippen LogP contribution in [0.4, 0.5) is 16.3 Å². The number of amides is 3. The van der Waals surface area contributed by atoms with Gasteiger partial charge in [-0.15, -0.1) is 0 Å². The van der Waals surface area contributed by atoms with Crippen LogP contribution in [0.15, 0.2) is 31.0 Å². The van der Waals surface area contributed by atoms with Gasteiger partial charge in [0, 0.05) is 38.9 Å². The first kappa shape index (κ1) is 35.7. The van der Waals surface area contributed by atoms with Crippen molar-refractivity contribution in [1.82, 2.24) is 14.5 Å². The van der Waals surface area contributed by atoms with E-state index in [4.69, 9.17) is 28.4 Å². The molecule has 49 heavy (non-hydrogen) atoms. The molecule has 3 amide bonds. The number of carbonyl (C=O) groups is 4. The van der Waals surface area contributed by atoms with Crippen LogP contribution in [-0.4, -0.2) is 97.0 Å². The van der Waals surface area contributed by atoms with Crippen molar-refractivity contribution in [3.63, 3.8) is 0 Å². The molecule has 1 aromatic heterocycles. The van der Waals surface area contributed by atoms with Gasteiger partial charge in [-0.25, -0.2) is 19.5 Å². The maximum atomic E-state index is 14.1. The van der Waals surface area contributed by atoms with Crippen LogP contribution in [0.25, 0.3) is 0 Å². The minimum absolute atomic E-state index is 0.0378. The van der Waals surface area contributed by atoms with E-state index in [9.17, 15) is 19.2 Å². The number of piperidine rings is 1. The van der Waals surface area contributed by atoms with E-state index in [0.717, 1.165) is 25.7 Å². The summed E-state index contributed by atoms with van der Waals surface area (Å²) in [5.41, 5.74) is 0.509. The quantitative estimate of drug-likeness (QED) is 0.181. The molecule has 0 spiro atoms. The van der Waals surface area contributed by atoms with E-state index < -0.39 is 30.6 Å². The van der Waals surface area contributed by atoms with Crippen LogP contribution in [0.3, 0.4) is 0 Å². The lowest BCUT2D eigenvalue weighted by Gasteiger charge is -2.42. The van der Waals surface area contributed by atoms with Gasteiger partial charge in [0.2, 0.25) is 11.7 Å². The summed E-state index contributed by atoms with van der Waals surface area (Å²) in [6, 6.07) is 2.72. The second-order valence-electron chi connectivity index (χ2n) is 11.9. The molecule has 2 unspecified atom stereocenters. The summed E-state index contributed by atoms with van der Waals surface area (Å²) < 4.78 is 36.2. The number of ether oxygens (including phenoxy) is 6. The zero-order valence-corrected chi connectivity index (χ0v) is 28.3. The first-order valence-corrected chi connectivity index (χ1v) is 16.8. The number of fused-ring (bicyclic) bond motifs is 2. The summed E-state index contributed by atoms with van der Waals surface area (Å²) in [5.74, 6) is -0.297. The molecule has 4 heterocycles. The van der Waals surface area contributed by atoms with E-state index in [2.05, 4.69) is 16.9 Å². The molecule has 2 fully saturated rings. The summed E-state index contributed by atoms with van der Waals surface area (Å²) in [6.07, 6.45) is 6.11. The number of anilines is 2. The molecule has 3 atom stereocenters. The van der Waals surface area contributed by atoms with Crippen molar-refractivity contribution in [2.45, 2.75) is 76.9 Å². The van der Waals surface area contributed by atoms with Crippen molar-refractivity contribution in [3.05, 3.63) is 42.4 Å². The first-order chi connectivity index (χ1) is 23.7. The van der Waals surface area contributed by atoms with E-state index >= 15 is 0 Å². The predicted octanol–water partition coefficient (Wildman–Crippen LogP) is 4.41. The van der Waals surface area contributed by atoms with Crippen molar-refractivity contribution in [2.75, 3.05) is 50.3 Å². The van der Waals surface area contributed by atoms with Gasteiger partial charge in [-0.2, -0.15) is 0 Å². The molecule has 1 N–H and O–H groups in total. The zero-order valence-electron chi connectivity index (χ0n) is 28.3. The number of nitrogens with zero attached hydrogens (tertiary/aromatic N) is 4. The Labute approximate surface area is 285 Å². The van der Waals surface area contributed by atoms with Crippen LogP contribution in [0.2, 0.25) is 0 Å². The minimum atomic E-state index is -0.883. The normalized spacial score (nSPS) is 20.4. The number of benzene rings is 1. The smallest absolute Gasteiger partial charge is 0.416 e. The monoisotopic (exact) mass is 683 g/mol. The van der Waals surface area contributed by atoms with E-state index in [-0.39, 0.29) is 66.7 Å². The SMILES string of the molecule is C=CCOC(=O)N1c2cc(OCCCC(=O)Nc3cn(C)c(C(=O)OCC)n3)c(OC)cc2C(=O)N2CCCC[C@H]2C1OC1CCCCO1. The predicted molar refractivity (Wildman–Crippen MR) is 177 cm³/mol. The lowest BCUT2D eigenvalue weighted by molar-refractivity contribution is -0.198. The molecule has 15 nitrogen and oxygen atoms in total. The standard InChI is InChI=1S/C34H45N5O10/c1-5-16-48-34(43)39-24-20-26(46-18-11-13-28(40)35-27-21-37(3)30(36-27)33(42)45-6-2)25(44-4)19-22(24)31(41)38-15-9-7-12-23(38)32(39)49-29-14-8-10-17-47-29/h5,19-21,23,29,32H,1,6-18H2,2-4H3,(H,35,40)/t23-,29?,32?/m0/s1. The van der Waals surface area contributed by atoms with Gasteiger partial charge in [0.1, 0.15) is 6.61 Å². The number of hydrogen-bond donors (Lipinski definition) is 1. The summed E-state index contributed by atoms with van der Waals surface area (Å²) >= 11 is 0. The molecule has 2 saturated heterocycles. The van der Waals surface area contributed by atoms with Gasteiger partial charge in [-0.05, 0) is 57.9 Å². The number of imidazole rings is 1. The van der Waals surface area contributed by atoms with Crippen LogP contribution in [0.5, 0.6) is 11.5 Å². The number of aromatic nitrogens is 2. The number of hydrogen-bond acceptors (Lipinski definition) is 11. The molecule has 0 saturated carbocycles. The van der Waals surface area contributed by atoms with Crippen LogP contribution in [0.1, 0.15) is 79.3 Å². The highest BCUT2D eigenvalue weighted by atomic mass is 16.7. The topological polar surface area (TPSA) is 160 Å². The van der Waals surface area contributed by atoms with Crippen LogP contribution in [-0.2, 0) is 30.8 Å². The fourth-order valence-electron chi connectivity index (χ4n) is 6.22. The highest BCUT2D eigenvalue weighted by Gasteiger charge is 2.46. The van der Waals surface area contributed by atoms with E-state index in [1.165, 1.54) is 28.8 Å². The van der Waals surface area contributed by atoms with Crippen molar-refractivity contribution >= 4 is 35.4 Å². The van der Waals surface area contributed by atoms with Crippen molar-refractivity contribution in [3.8, 4) is 11.5 Å². The molecule has 266 valence electrons. The maximum Gasteiger partial charge on any atom is 0.416 e. The molecule has 3 aliphatic heterocycles. The maximum absolute atomic E-state index is 14.1. The Morgan fingerprint density at radius 3 is 2.67 bits per heavy atom. The van der Waals surface area contributed by atoms with Crippen LogP contribution < -0.4 is 19.7 Å². The number of methoxy groups -OCH3 is 1. The average Bonchev–Trinajstić information content (AvgIpc) is 3.44. The van der Waals surface area contributed by atoms with Crippen molar-refractivity contribution < 1.29 is 47.6 Å². The van der Waals surface area contributed by atoms with Gasteiger partial charge < -0.3 is 43.2 Å². The molecular weight excluding hydrogens is 638 g/mol. The molecule has 2 aromatic rings. The summed E-state index contributed by atoms with van der Waals surface area (Å²) in [7, 11) is 3.10. The molecule has 15 heteroatoms. The van der Waals surface area contributed by atoms with Gasteiger partial charge in [-0.3, -0.25) is 9.59 Å². The largest absolute Gasteiger partial charge is 0.493 e. The van der Waals surface area contributed by atoms with E-state index in [1.807, 2.05) is 0 Å². The third kappa shape index (κ3) is 8.33. The van der Waals surface area contributed by atoms with Crippen LogP contribution >= 0.6 is 0 Å². The number of rotatable bonds is 13. The lowest BCUT2D eigenvalue weighted by Crippen LogP contribution is -2.57. The third-order valence-corrected chi connectivity index (χ3v) is 8.52. The fraction of sp³-hybridized carbons (Fsp3) is 0.559. The second kappa shape index (κ2) is 16.7. The van der Waals surface area contributed by atoms with Gasteiger partial charge in [0.05, 0.1) is 37.6 Å². The van der Waals surface area contributed by atoms with Gasteiger partial charge >= 0.3 is 12.1 Å². The molecule has 1 aromatic carbocycles. The molecular formula is C34H45N5O10. The number of aryl methyl sites for hydroxylation is 1. The van der Waals surface area contributed by atoms with E-state index in [0.29, 0.717) is 38.2 Å². The Morgan fingerprint density at radius 1 is 1.12 bits per heavy atom. The molecule has 0 bridgehead atoms. The van der Waals surface area contributed by atoms with Crippen molar-refractivity contribution in [1.29, 1.82) is 0 Å². The minimum Gasteiger partial charge on any atom is -0.493 e. The molecule has 0 radical (unpaired) electrons. The van der Waals surface area contributed by atoms with Gasteiger partial charge in [-0.1, -0.05) is 12.7 Å². The average molecular weight is 684 g/mol. The number of esters is 1. The second-order valence-corrected chi connectivity index (χ2v) is 11.9. The van der Waals surface area contributed by atoms with Gasteiger partial charge in [0.15, 0.2) is 29.8 Å². The molecule has 0 aliphatic carbocycles. The Hall–Kier alpha value is -4.63. The van der Waals surface area contributed by atoms with Crippen molar-refractivity contribution in [2.24, 2.45) is 7.05 Å². The number of carbonyl (C=O) groups excluding carboxylic acids is 4. The Balaban J connectivity index is 1.36. The lowest BCUT2D eigenvalue weighted by atomic mass is 10.00. The Kier molecular flexibility index (Phi) is 12.1. The zero-order chi connectivity index (χ0) is 34.9. The highest BCUT2D eigenvalue weighted by Crippen LogP contribution is 2.42. The first-order valence-electron chi connectivity index (χ1n) is 16.8. The Bertz CT molecular complexity index is 1520. The Morgan fingerprint density at radius 2 is 1.94 bits per heavy atom. The molecule has 3 aliphatic rings.